The highest BCUT2D eigenvalue weighted by Gasteiger charge is 2.27. The number of halogens is 1. The van der Waals surface area contributed by atoms with Crippen molar-refractivity contribution in [2.75, 3.05) is 19.7 Å². The molecule has 0 unspecified atom stereocenters. The maximum absolute atomic E-state index is 13.1. The van der Waals surface area contributed by atoms with Crippen LogP contribution in [-0.4, -0.2) is 47.7 Å². The first-order valence-electron chi connectivity index (χ1n) is 7.93. The molecule has 3 rings (SSSR count). The van der Waals surface area contributed by atoms with E-state index in [2.05, 4.69) is 0 Å². The number of carbonyl (C=O) groups is 2. The summed E-state index contributed by atoms with van der Waals surface area (Å²) in [6.07, 6.45) is -0.596. The predicted octanol–water partition coefficient (Wildman–Crippen LogP) is 3.18. The Labute approximate surface area is 148 Å². The number of carbonyl (C=O) groups excluding carboxylic acids is 1. The van der Waals surface area contributed by atoms with Crippen LogP contribution < -0.4 is 0 Å². The second-order valence-corrected chi connectivity index (χ2v) is 7.19. The number of amides is 1. The fourth-order valence-electron chi connectivity index (χ4n) is 2.88. The molecule has 0 spiro atoms. The van der Waals surface area contributed by atoms with Crippen molar-refractivity contribution in [3.05, 3.63) is 45.9 Å². The topological polar surface area (TPSA) is 66.8 Å². The molecule has 0 saturated carbocycles. The van der Waals surface area contributed by atoms with Crippen molar-refractivity contribution >= 4 is 23.2 Å². The molecule has 1 N–H and O–H groups in total. The van der Waals surface area contributed by atoms with E-state index in [1.165, 1.54) is 23.5 Å². The van der Waals surface area contributed by atoms with E-state index in [0.717, 1.165) is 16.0 Å². The minimum absolute atomic E-state index is 0.117. The van der Waals surface area contributed by atoms with Gasteiger partial charge in [-0.3, -0.25) is 9.59 Å². The summed E-state index contributed by atoms with van der Waals surface area (Å²) in [7, 11) is 0. The van der Waals surface area contributed by atoms with Gasteiger partial charge in [0.25, 0.3) is 5.91 Å². The van der Waals surface area contributed by atoms with Crippen molar-refractivity contribution < 1.29 is 23.8 Å². The Kier molecular flexibility index (Phi) is 5.15. The molecule has 132 valence electrons. The first kappa shape index (κ1) is 17.6. The van der Waals surface area contributed by atoms with Gasteiger partial charge in [-0.2, -0.15) is 0 Å². The fraction of sp³-hybridized carbons (Fsp3) is 0.333. The predicted molar refractivity (Wildman–Crippen MR) is 92.3 cm³/mol. The largest absolute Gasteiger partial charge is 0.481 e. The highest BCUT2D eigenvalue weighted by atomic mass is 32.1. The monoisotopic (exact) mass is 363 g/mol. The summed E-state index contributed by atoms with van der Waals surface area (Å²) in [5, 5.41) is 8.88. The van der Waals surface area contributed by atoms with Gasteiger partial charge < -0.3 is 14.7 Å². The van der Waals surface area contributed by atoms with Crippen molar-refractivity contribution in [2.45, 2.75) is 19.4 Å². The summed E-state index contributed by atoms with van der Waals surface area (Å²) in [6.45, 7) is 2.97. The molecule has 1 aliphatic rings. The lowest BCUT2D eigenvalue weighted by Gasteiger charge is -2.32. The third-order valence-corrected chi connectivity index (χ3v) is 5.15. The summed E-state index contributed by atoms with van der Waals surface area (Å²) in [4.78, 5) is 26.8. The Bertz CT molecular complexity index is 787. The summed E-state index contributed by atoms with van der Waals surface area (Å²) in [6, 6.07) is 7.99. The van der Waals surface area contributed by atoms with E-state index >= 15 is 0 Å². The fourth-order valence-corrected chi connectivity index (χ4v) is 3.89. The van der Waals surface area contributed by atoms with E-state index in [1.54, 1.807) is 17.0 Å². The lowest BCUT2D eigenvalue weighted by molar-refractivity contribution is -0.141. The Hall–Kier alpha value is -2.25. The van der Waals surface area contributed by atoms with E-state index in [1.807, 2.05) is 13.0 Å². The maximum atomic E-state index is 13.1. The van der Waals surface area contributed by atoms with Crippen LogP contribution in [0.4, 0.5) is 4.39 Å². The summed E-state index contributed by atoms with van der Waals surface area (Å²) < 4.78 is 18.5. The molecule has 1 aromatic heterocycles. The van der Waals surface area contributed by atoms with Crippen LogP contribution in [0.25, 0.3) is 11.1 Å². The highest BCUT2D eigenvalue weighted by molar-refractivity contribution is 7.14. The quantitative estimate of drug-likeness (QED) is 0.906. The van der Waals surface area contributed by atoms with E-state index in [4.69, 9.17) is 9.84 Å². The van der Waals surface area contributed by atoms with Gasteiger partial charge in [-0.15, -0.1) is 11.3 Å². The van der Waals surface area contributed by atoms with Crippen molar-refractivity contribution in [1.29, 1.82) is 0 Å². The zero-order valence-electron chi connectivity index (χ0n) is 13.7. The van der Waals surface area contributed by atoms with Gasteiger partial charge in [0.05, 0.1) is 24.0 Å². The van der Waals surface area contributed by atoms with Gasteiger partial charge in [0.2, 0.25) is 0 Å². The van der Waals surface area contributed by atoms with Crippen molar-refractivity contribution in [3.8, 4) is 11.1 Å². The molecule has 1 aliphatic heterocycles. The molecule has 5 nitrogen and oxygen atoms in total. The molecule has 2 heterocycles. The molecule has 1 atom stereocenters. The zero-order valence-corrected chi connectivity index (χ0v) is 14.5. The highest BCUT2D eigenvalue weighted by Crippen LogP contribution is 2.32. The number of thiophene rings is 1. The molecular formula is C18H18FNO4S. The number of hydrogen-bond donors (Lipinski definition) is 1. The van der Waals surface area contributed by atoms with Crippen LogP contribution in [0.15, 0.2) is 30.3 Å². The van der Waals surface area contributed by atoms with Crippen LogP contribution in [0, 0.1) is 12.7 Å². The minimum atomic E-state index is -0.940. The Balaban J connectivity index is 1.77. The van der Waals surface area contributed by atoms with Crippen molar-refractivity contribution in [3.63, 3.8) is 0 Å². The maximum Gasteiger partial charge on any atom is 0.306 e. The molecule has 1 aromatic carbocycles. The van der Waals surface area contributed by atoms with Crippen LogP contribution in [0.5, 0.6) is 0 Å². The van der Waals surface area contributed by atoms with Crippen LogP contribution in [0.1, 0.15) is 21.0 Å². The molecule has 1 saturated heterocycles. The van der Waals surface area contributed by atoms with Crippen LogP contribution in [-0.2, 0) is 9.53 Å². The van der Waals surface area contributed by atoms with Gasteiger partial charge >= 0.3 is 5.97 Å². The molecule has 0 bridgehead atoms. The average molecular weight is 363 g/mol. The van der Waals surface area contributed by atoms with E-state index < -0.39 is 12.1 Å². The minimum Gasteiger partial charge on any atom is -0.481 e. The third kappa shape index (κ3) is 4.05. The average Bonchev–Trinajstić information content (AvgIpc) is 2.96. The lowest BCUT2D eigenvalue weighted by atomic mass is 10.1. The summed E-state index contributed by atoms with van der Waals surface area (Å²) >= 11 is 1.39. The number of nitrogens with zero attached hydrogens (tertiary/aromatic N) is 1. The smallest absolute Gasteiger partial charge is 0.306 e. The molecule has 1 amide bonds. The van der Waals surface area contributed by atoms with Crippen molar-refractivity contribution in [1.82, 2.24) is 4.90 Å². The molecular weight excluding hydrogens is 345 g/mol. The van der Waals surface area contributed by atoms with E-state index in [9.17, 15) is 14.0 Å². The first-order chi connectivity index (χ1) is 11.9. The number of rotatable bonds is 4. The molecule has 0 radical (unpaired) electrons. The van der Waals surface area contributed by atoms with Gasteiger partial charge in [0.15, 0.2) is 0 Å². The Morgan fingerprint density at radius 2 is 2.08 bits per heavy atom. The Morgan fingerprint density at radius 1 is 1.36 bits per heavy atom. The number of carboxylic acid groups (broad SMARTS) is 1. The number of benzene rings is 1. The lowest BCUT2D eigenvalue weighted by Crippen LogP contribution is -2.46. The zero-order chi connectivity index (χ0) is 18.0. The number of aliphatic carboxylic acids is 1. The molecule has 1 fully saturated rings. The van der Waals surface area contributed by atoms with Gasteiger partial charge in [0, 0.05) is 18.0 Å². The SMILES string of the molecule is Cc1sc(C(=O)N2CCO[C@H](CC(=O)O)C2)cc1-c1ccc(F)cc1. The van der Waals surface area contributed by atoms with Crippen molar-refractivity contribution in [2.24, 2.45) is 0 Å². The number of morpholine rings is 1. The number of ether oxygens (including phenoxy) is 1. The third-order valence-electron chi connectivity index (χ3n) is 4.11. The van der Waals surface area contributed by atoms with Gasteiger partial charge in [0.1, 0.15) is 5.82 Å². The van der Waals surface area contributed by atoms with Crippen LogP contribution in [0.2, 0.25) is 0 Å². The number of aryl methyl sites for hydroxylation is 1. The second kappa shape index (κ2) is 7.33. The van der Waals surface area contributed by atoms with Gasteiger partial charge in [-0.1, -0.05) is 12.1 Å². The summed E-state index contributed by atoms with van der Waals surface area (Å²) in [5.41, 5.74) is 1.77. The Morgan fingerprint density at radius 3 is 2.76 bits per heavy atom. The summed E-state index contributed by atoms with van der Waals surface area (Å²) in [5.74, 6) is -1.37. The van der Waals surface area contributed by atoms with E-state index in [-0.39, 0.29) is 24.7 Å². The van der Waals surface area contributed by atoms with Crippen LogP contribution >= 0.6 is 11.3 Å². The molecule has 0 aliphatic carbocycles. The van der Waals surface area contributed by atoms with Gasteiger partial charge in [-0.05, 0) is 36.2 Å². The normalized spacial score (nSPS) is 17.5. The van der Waals surface area contributed by atoms with E-state index in [0.29, 0.717) is 18.0 Å². The number of hydrogen-bond acceptors (Lipinski definition) is 4. The molecule has 2 aromatic rings. The van der Waals surface area contributed by atoms with Gasteiger partial charge in [-0.25, -0.2) is 4.39 Å². The molecule has 7 heteroatoms. The first-order valence-corrected chi connectivity index (χ1v) is 8.74. The standard InChI is InChI=1S/C18H18FNO4S/c1-11-15(12-2-4-13(19)5-3-12)9-16(25-11)18(23)20-6-7-24-14(10-20)8-17(21)22/h2-5,9,14H,6-8,10H2,1H3,(H,21,22)/t14-/m1/s1. The van der Waals surface area contributed by atoms with Crippen LogP contribution in [0.3, 0.4) is 0 Å². The number of carboxylic acids is 1. The second-order valence-electron chi connectivity index (χ2n) is 5.93. The molecule has 25 heavy (non-hydrogen) atoms.